The summed E-state index contributed by atoms with van der Waals surface area (Å²) in [6, 6.07) is 16.4. The molecule has 1 saturated heterocycles. The molecule has 1 aliphatic carbocycles. The second-order valence-electron chi connectivity index (χ2n) is 10.7. The minimum absolute atomic E-state index is 0.0284. The van der Waals surface area contributed by atoms with Gasteiger partial charge in [-0.05, 0) is 52.9 Å². The molecule has 0 amide bonds. The van der Waals surface area contributed by atoms with Gasteiger partial charge in [-0.1, -0.05) is 30.3 Å². The first-order chi connectivity index (χ1) is 20.9. The van der Waals surface area contributed by atoms with E-state index < -0.39 is 30.7 Å². The van der Waals surface area contributed by atoms with E-state index in [2.05, 4.69) is 0 Å². The van der Waals surface area contributed by atoms with Gasteiger partial charge in [-0.3, -0.25) is 4.79 Å². The number of carbonyl (C=O) groups is 2. The van der Waals surface area contributed by atoms with E-state index in [4.69, 9.17) is 33.2 Å². The van der Waals surface area contributed by atoms with Gasteiger partial charge in [-0.15, -0.1) is 0 Å². The maximum Gasteiger partial charge on any atom is 0.514 e. The van der Waals surface area contributed by atoms with Crippen molar-refractivity contribution >= 4 is 12.1 Å². The summed E-state index contributed by atoms with van der Waals surface area (Å²) in [5, 5.41) is 20.0. The molecule has 226 valence electrons. The van der Waals surface area contributed by atoms with Crippen molar-refractivity contribution in [1.29, 1.82) is 0 Å². The number of methoxy groups -OCH3 is 2. The number of fused-ring (bicyclic) bond motifs is 3. The molecular formula is C32H32O11. The Labute approximate surface area is 247 Å². The normalized spacial score (nSPS) is 22.2. The molecule has 3 aromatic carbocycles. The Morgan fingerprint density at radius 3 is 2.30 bits per heavy atom. The highest BCUT2D eigenvalue weighted by Gasteiger charge is 2.52. The Balaban J connectivity index is 1.39. The number of cyclic esters (lactones) is 1. The highest BCUT2D eigenvalue weighted by Crippen LogP contribution is 2.57. The number of aliphatic hydroxyl groups is 2. The third-order valence-corrected chi connectivity index (χ3v) is 8.29. The van der Waals surface area contributed by atoms with Gasteiger partial charge in [0.25, 0.3) is 0 Å². The van der Waals surface area contributed by atoms with Crippen LogP contribution in [0.2, 0.25) is 0 Å². The molecule has 2 aliphatic heterocycles. The lowest BCUT2D eigenvalue weighted by Gasteiger charge is -2.40. The molecule has 6 rings (SSSR count). The highest BCUT2D eigenvalue weighted by molar-refractivity contribution is 5.78. The van der Waals surface area contributed by atoms with Crippen molar-refractivity contribution in [3.05, 3.63) is 76.9 Å². The third-order valence-electron chi connectivity index (χ3n) is 8.29. The van der Waals surface area contributed by atoms with Crippen LogP contribution in [0.15, 0.2) is 54.6 Å². The molecule has 3 aromatic rings. The number of carbonyl (C=O) groups excluding carboxylic acids is 2. The summed E-state index contributed by atoms with van der Waals surface area (Å²) >= 11 is 0. The van der Waals surface area contributed by atoms with Gasteiger partial charge < -0.3 is 43.4 Å². The van der Waals surface area contributed by atoms with Gasteiger partial charge in [0, 0.05) is 17.8 Å². The molecule has 1 fully saturated rings. The van der Waals surface area contributed by atoms with Crippen molar-refractivity contribution in [2.75, 3.05) is 34.2 Å². The highest BCUT2D eigenvalue weighted by atomic mass is 16.7. The zero-order valence-electron chi connectivity index (χ0n) is 23.7. The Morgan fingerprint density at radius 1 is 0.977 bits per heavy atom. The summed E-state index contributed by atoms with van der Waals surface area (Å²) < 4.78 is 39.1. The van der Waals surface area contributed by atoms with Crippen LogP contribution in [0.1, 0.15) is 40.5 Å². The Bertz CT molecular complexity index is 1480. The first-order valence-electron chi connectivity index (χ1n) is 13.9. The summed E-state index contributed by atoms with van der Waals surface area (Å²) in [7, 11) is 2.90. The van der Waals surface area contributed by atoms with Gasteiger partial charge in [0.05, 0.1) is 39.5 Å². The molecule has 1 unspecified atom stereocenters. The fraction of sp³-hybridized carbons (Fsp3) is 0.375. The number of benzene rings is 3. The van der Waals surface area contributed by atoms with Gasteiger partial charge in [-0.2, -0.15) is 0 Å². The summed E-state index contributed by atoms with van der Waals surface area (Å²) in [5.41, 5.74) is 3.19. The van der Waals surface area contributed by atoms with Crippen LogP contribution in [0.4, 0.5) is 4.79 Å². The summed E-state index contributed by atoms with van der Waals surface area (Å²) in [6.45, 7) is -0.186. The van der Waals surface area contributed by atoms with Crippen LogP contribution >= 0.6 is 0 Å². The van der Waals surface area contributed by atoms with E-state index in [1.165, 1.54) is 14.2 Å². The average Bonchev–Trinajstić information content (AvgIpc) is 3.65. The molecule has 0 saturated carbocycles. The molecule has 3 aliphatic rings. The first kappa shape index (κ1) is 28.6. The van der Waals surface area contributed by atoms with Crippen LogP contribution in [0, 0.1) is 11.8 Å². The SMILES string of the molecule is COc1cc([C@@H]2c3cc4c(cc3[C@@H](CC(O)CO)[C@H]3C(=O)OC[C@H]23)OCO4)cc(OC)c1OC(=O)OCc1ccccc1. The quantitative estimate of drug-likeness (QED) is 0.276. The maximum atomic E-state index is 13.2. The van der Waals surface area contributed by atoms with E-state index in [0.29, 0.717) is 11.5 Å². The van der Waals surface area contributed by atoms with Crippen molar-refractivity contribution in [2.45, 2.75) is 31.0 Å². The lowest BCUT2D eigenvalue weighted by Crippen LogP contribution is -2.36. The Hall–Kier alpha value is -4.48. The van der Waals surface area contributed by atoms with E-state index in [1.54, 1.807) is 12.1 Å². The molecule has 11 heteroatoms. The Kier molecular flexibility index (Phi) is 8.00. The molecule has 0 radical (unpaired) electrons. The van der Waals surface area contributed by atoms with Gasteiger partial charge in [0.2, 0.25) is 12.5 Å². The minimum Gasteiger partial charge on any atom is -0.493 e. The zero-order chi connectivity index (χ0) is 30.1. The maximum absolute atomic E-state index is 13.2. The largest absolute Gasteiger partial charge is 0.514 e. The number of aliphatic hydroxyl groups excluding tert-OH is 2. The number of ether oxygens (including phenoxy) is 7. The standard InChI is InChI=1S/C32H32O11/c1-37-26-8-18(9-27(38-2)30(26)43-32(36)40-14-17-6-4-3-5-7-17)28-22-12-25-24(41-16-42-25)11-20(22)21(10-19(34)13-33)29-23(28)15-39-31(29)35/h3-9,11-12,19,21,23,28-29,33-34H,10,13-16H2,1-2H3/t19?,21-,23-,28-,29-/m1/s1. The van der Waals surface area contributed by atoms with Gasteiger partial charge >= 0.3 is 12.1 Å². The summed E-state index contributed by atoms with van der Waals surface area (Å²) in [4.78, 5) is 25.8. The van der Waals surface area contributed by atoms with E-state index in [-0.39, 0.29) is 61.5 Å². The minimum atomic E-state index is -1.02. The van der Waals surface area contributed by atoms with Crippen LogP contribution < -0.4 is 23.7 Å². The van der Waals surface area contributed by atoms with Crippen LogP contribution in [-0.4, -0.2) is 62.7 Å². The lowest BCUT2D eigenvalue weighted by molar-refractivity contribution is -0.142. The average molecular weight is 593 g/mol. The molecule has 0 spiro atoms. The van der Waals surface area contributed by atoms with E-state index >= 15 is 0 Å². The van der Waals surface area contributed by atoms with Crippen molar-refractivity contribution in [3.8, 4) is 28.7 Å². The van der Waals surface area contributed by atoms with E-state index in [0.717, 1.165) is 22.3 Å². The topological polar surface area (TPSA) is 139 Å². The second kappa shape index (κ2) is 12.0. The van der Waals surface area contributed by atoms with Crippen LogP contribution in [0.3, 0.4) is 0 Å². The van der Waals surface area contributed by atoms with Crippen LogP contribution in [0.5, 0.6) is 28.7 Å². The molecule has 0 aromatic heterocycles. The third kappa shape index (κ3) is 5.41. The number of hydrogen-bond acceptors (Lipinski definition) is 11. The molecule has 11 nitrogen and oxygen atoms in total. The van der Waals surface area contributed by atoms with Gasteiger partial charge in [0.15, 0.2) is 23.0 Å². The van der Waals surface area contributed by atoms with Crippen LogP contribution in [0.25, 0.3) is 0 Å². The molecule has 43 heavy (non-hydrogen) atoms. The van der Waals surface area contributed by atoms with E-state index in [9.17, 15) is 19.8 Å². The van der Waals surface area contributed by atoms with Crippen LogP contribution in [-0.2, 0) is 20.9 Å². The van der Waals surface area contributed by atoms with Crippen molar-refractivity contribution in [3.63, 3.8) is 0 Å². The molecule has 2 N–H and O–H groups in total. The summed E-state index contributed by atoms with van der Waals surface area (Å²) in [5.74, 6) is -0.456. The lowest BCUT2D eigenvalue weighted by atomic mass is 9.61. The molecule has 2 heterocycles. The van der Waals surface area contributed by atoms with Gasteiger partial charge in [0.1, 0.15) is 6.61 Å². The zero-order valence-corrected chi connectivity index (χ0v) is 23.7. The number of rotatable bonds is 9. The predicted molar refractivity (Wildman–Crippen MR) is 150 cm³/mol. The molecule has 0 bridgehead atoms. The van der Waals surface area contributed by atoms with Crippen molar-refractivity contribution in [1.82, 2.24) is 0 Å². The van der Waals surface area contributed by atoms with Gasteiger partial charge in [-0.25, -0.2) is 4.79 Å². The summed E-state index contributed by atoms with van der Waals surface area (Å²) in [6.07, 6.45) is -1.78. The monoisotopic (exact) mass is 592 g/mol. The number of esters is 1. The second-order valence-corrected chi connectivity index (χ2v) is 10.7. The first-order valence-corrected chi connectivity index (χ1v) is 13.9. The molecule has 5 atom stereocenters. The fourth-order valence-corrected chi connectivity index (χ4v) is 6.38. The fourth-order valence-electron chi connectivity index (χ4n) is 6.38. The van der Waals surface area contributed by atoms with E-state index in [1.807, 2.05) is 42.5 Å². The van der Waals surface area contributed by atoms with Crippen molar-refractivity contribution < 1.29 is 53.0 Å². The smallest absolute Gasteiger partial charge is 0.493 e. The van der Waals surface area contributed by atoms with Crippen molar-refractivity contribution in [2.24, 2.45) is 11.8 Å². The number of hydrogen-bond donors (Lipinski definition) is 2. The predicted octanol–water partition coefficient (Wildman–Crippen LogP) is 3.91. The Morgan fingerprint density at radius 2 is 1.65 bits per heavy atom. The molecular weight excluding hydrogens is 560 g/mol.